The van der Waals surface area contributed by atoms with Crippen molar-refractivity contribution in [3.63, 3.8) is 0 Å². The SMILES string of the molecule is Cc1ccc(CNC(C)c2nnc3n2CCC3)cc1C. The summed E-state index contributed by atoms with van der Waals surface area (Å²) < 4.78 is 2.26. The number of hydrogen-bond donors (Lipinski definition) is 1. The van der Waals surface area contributed by atoms with Crippen LogP contribution in [0.15, 0.2) is 18.2 Å². The molecule has 0 aliphatic carbocycles. The van der Waals surface area contributed by atoms with E-state index in [9.17, 15) is 0 Å². The zero-order valence-electron chi connectivity index (χ0n) is 12.5. The van der Waals surface area contributed by atoms with E-state index in [0.29, 0.717) is 0 Å². The van der Waals surface area contributed by atoms with Gasteiger partial charge < -0.3 is 9.88 Å². The highest BCUT2D eigenvalue weighted by atomic mass is 15.3. The van der Waals surface area contributed by atoms with Gasteiger partial charge in [-0.3, -0.25) is 0 Å². The number of fused-ring (bicyclic) bond motifs is 1. The molecule has 1 aliphatic rings. The summed E-state index contributed by atoms with van der Waals surface area (Å²) in [5.74, 6) is 2.21. The van der Waals surface area contributed by atoms with Crippen LogP contribution in [0.1, 0.15) is 47.7 Å². The van der Waals surface area contributed by atoms with E-state index in [-0.39, 0.29) is 6.04 Å². The number of nitrogens with zero attached hydrogens (tertiary/aromatic N) is 3. The minimum Gasteiger partial charge on any atom is -0.314 e. The van der Waals surface area contributed by atoms with Crippen molar-refractivity contribution >= 4 is 0 Å². The third-order valence-electron chi connectivity index (χ3n) is 4.21. The van der Waals surface area contributed by atoms with Gasteiger partial charge in [0.1, 0.15) is 11.6 Å². The number of nitrogens with one attached hydrogen (secondary N) is 1. The average molecular weight is 270 g/mol. The lowest BCUT2D eigenvalue weighted by Crippen LogP contribution is -2.21. The largest absolute Gasteiger partial charge is 0.314 e. The van der Waals surface area contributed by atoms with Crippen molar-refractivity contribution in [2.45, 2.75) is 52.7 Å². The van der Waals surface area contributed by atoms with Crippen molar-refractivity contribution in [2.24, 2.45) is 0 Å². The molecule has 1 N–H and O–H groups in total. The molecule has 2 heterocycles. The van der Waals surface area contributed by atoms with Crippen molar-refractivity contribution in [3.05, 3.63) is 46.5 Å². The van der Waals surface area contributed by atoms with Gasteiger partial charge >= 0.3 is 0 Å². The maximum absolute atomic E-state index is 4.33. The van der Waals surface area contributed by atoms with Gasteiger partial charge in [0.2, 0.25) is 0 Å². The first-order chi connectivity index (χ1) is 9.65. The molecule has 0 radical (unpaired) electrons. The second kappa shape index (κ2) is 5.37. The standard InChI is InChI=1S/C16H22N4/c1-11-6-7-14(9-12(11)2)10-17-13(3)16-19-18-15-5-4-8-20(15)16/h6-7,9,13,17H,4-5,8,10H2,1-3H3. The maximum Gasteiger partial charge on any atom is 0.149 e. The summed E-state index contributed by atoms with van der Waals surface area (Å²) in [6, 6.07) is 6.86. The van der Waals surface area contributed by atoms with Crippen molar-refractivity contribution in [1.82, 2.24) is 20.1 Å². The summed E-state index contributed by atoms with van der Waals surface area (Å²) in [5, 5.41) is 12.2. The highest BCUT2D eigenvalue weighted by molar-refractivity contribution is 5.29. The van der Waals surface area contributed by atoms with E-state index in [0.717, 1.165) is 31.2 Å². The van der Waals surface area contributed by atoms with Crippen LogP contribution in [0.2, 0.25) is 0 Å². The number of hydrogen-bond acceptors (Lipinski definition) is 3. The highest BCUT2D eigenvalue weighted by Crippen LogP contribution is 2.19. The lowest BCUT2D eigenvalue weighted by molar-refractivity contribution is 0.516. The molecule has 0 fully saturated rings. The van der Waals surface area contributed by atoms with E-state index >= 15 is 0 Å². The van der Waals surface area contributed by atoms with Gasteiger partial charge in [-0.05, 0) is 43.9 Å². The fourth-order valence-electron chi connectivity index (χ4n) is 2.77. The molecule has 0 spiro atoms. The molecule has 4 nitrogen and oxygen atoms in total. The first-order valence-corrected chi connectivity index (χ1v) is 7.36. The summed E-state index contributed by atoms with van der Waals surface area (Å²) in [7, 11) is 0. The Morgan fingerprint density at radius 1 is 1.25 bits per heavy atom. The van der Waals surface area contributed by atoms with E-state index in [1.54, 1.807) is 0 Å². The summed E-state index contributed by atoms with van der Waals surface area (Å²) in [6.45, 7) is 8.40. The molecule has 1 aromatic heterocycles. The molecule has 0 saturated carbocycles. The fourth-order valence-corrected chi connectivity index (χ4v) is 2.77. The van der Waals surface area contributed by atoms with Crippen molar-refractivity contribution in [1.29, 1.82) is 0 Å². The van der Waals surface area contributed by atoms with E-state index in [1.807, 2.05) is 0 Å². The zero-order chi connectivity index (χ0) is 14.1. The highest BCUT2D eigenvalue weighted by Gasteiger charge is 2.20. The smallest absolute Gasteiger partial charge is 0.149 e. The molecule has 0 amide bonds. The predicted molar refractivity (Wildman–Crippen MR) is 79.5 cm³/mol. The lowest BCUT2D eigenvalue weighted by Gasteiger charge is -2.14. The number of benzene rings is 1. The Bertz CT molecular complexity index is 615. The Kier molecular flexibility index (Phi) is 3.57. The quantitative estimate of drug-likeness (QED) is 0.929. The van der Waals surface area contributed by atoms with Gasteiger partial charge in [-0.25, -0.2) is 0 Å². The summed E-state index contributed by atoms with van der Waals surface area (Å²) >= 11 is 0. The monoisotopic (exact) mass is 270 g/mol. The van der Waals surface area contributed by atoms with Gasteiger partial charge in [-0.15, -0.1) is 10.2 Å². The Balaban J connectivity index is 1.67. The first-order valence-electron chi connectivity index (χ1n) is 7.36. The van der Waals surface area contributed by atoms with E-state index in [4.69, 9.17) is 0 Å². The number of aromatic nitrogens is 3. The predicted octanol–water partition coefficient (Wildman–Crippen LogP) is 2.69. The molecule has 1 aromatic carbocycles. The van der Waals surface area contributed by atoms with E-state index in [2.05, 4.69) is 59.1 Å². The Morgan fingerprint density at radius 3 is 2.90 bits per heavy atom. The van der Waals surface area contributed by atoms with Crippen LogP contribution in [0.25, 0.3) is 0 Å². The fraction of sp³-hybridized carbons (Fsp3) is 0.500. The Hall–Kier alpha value is -1.68. The van der Waals surface area contributed by atoms with Crippen molar-refractivity contribution in [2.75, 3.05) is 0 Å². The Morgan fingerprint density at radius 2 is 2.10 bits per heavy atom. The van der Waals surface area contributed by atoms with Gasteiger partial charge in [0.05, 0.1) is 6.04 Å². The maximum atomic E-state index is 4.33. The summed E-state index contributed by atoms with van der Waals surface area (Å²) in [4.78, 5) is 0. The minimum atomic E-state index is 0.232. The molecular formula is C16H22N4. The van der Waals surface area contributed by atoms with Crippen molar-refractivity contribution < 1.29 is 0 Å². The van der Waals surface area contributed by atoms with Gasteiger partial charge in [-0.2, -0.15) is 0 Å². The van der Waals surface area contributed by atoms with Gasteiger partial charge in [0, 0.05) is 19.5 Å². The molecule has 20 heavy (non-hydrogen) atoms. The van der Waals surface area contributed by atoms with Gasteiger partial charge in [-0.1, -0.05) is 18.2 Å². The van der Waals surface area contributed by atoms with Crippen LogP contribution in [0.4, 0.5) is 0 Å². The molecule has 1 aliphatic heterocycles. The third kappa shape index (κ3) is 2.48. The minimum absolute atomic E-state index is 0.232. The molecule has 0 bridgehead atoms. The third-order valence-corrected chi connectivity index (χ3v) is 4.21. The van der Waals surface area contributed by atoms with Crippen LogP contribution < -0.4 is 5.32 Å². The van der Waals surface area contributed by atoms with Crippen LogP contribution in [-0.4, -0.2) is 14.8 Å². The first kappa shape index (κ1) is 13.3. The topological polar surface area (TPSA) is 42.7 Å². The van der Waals surface area contributed by atoms with E-state index < -0.39 is 0 Å². The molecule has 0 saturated heterocycles. The molecule has 1 atom stereocenters. The van der Waals surface area contributed by atoms with E-state index in [1.165, 1.54) is 23.1 Å². The van der Waals surface area contributed by atoms with Crippen LogP contribution in [0.5, 0.6) is 0 Å². The molecular weight excluding hydrogens is 248 g/mol. The van der Waals surface area contributed by atoms with Crippen molar-refractivity contribution in [3.8, 4) is 0 Å². The zero-order valence-corrected chi connectivity index (χ0v) is 12.5. The number of rotatable bonds is 4. The second-order valence-electron chi connectivity index (χ2n) is 5.75. The summed E-state index contributed by atoms with van der Waals surface area (Å²) in [5.41, 5.74) is 4.01. The second-order valence-corrected chi connectivity index (χ2v) is 5.75. The Labute approximate surface area is 120 Å². The van der Waals surface area contributed by atoms with Gasteiger partial charge in [0.25, 0.3) is 0 Å². The van der Waals surface area contributed by atoms with Crippen LogP contribution >= 0.6 is 0 Å². The molecule has 2 aromatic rings. The molecule has 1 unspecified atom stereocenters. The number of aryl methyl sites for hydroxylation is 3. The lowest BCUT2D eigenvalue weighted by atomic mass is 10.1. The molecule has 3 rings (SSSR count). The van der Waals surface area contributed by atoms with Gasteiger partial charge in [0.15, 0.2) is 0 Å². The summed E-state index contributed by atoms with van der Waals surface area (Å²) in [6.07, 6.45) is 2.26. The average Bonchev–Trinajstić information content (AvgIpc) is 3.02. The molecule has 106 valence electrons. The van der Waals surface area contributed by atoms with Crippen LogP contribution in [0.3, 0.4) is 0 Å². The molecule has 4 heteroatoms. The van der Waals surface area contributed by atoms with Crippen LogP contribution in [0, 0.1) is 13.8 Å². The normalized spacial score (nSPS) is 15.3. The van der Waals surface area contributed by atoms with Crippen LogP contribution in [-0.2, 0) is 19.5 Å².